The summed E-state index contributed by atoms with van der Waals surface area (Å²) in [6.07, 6.45) is 5.39. The highest BCUT2D eigenvalue weighted by molar-refractivity contribution is 9.10. The molecule has 0 bridgehead atoms. The number of halogens is 1. The fraction of sp³-hybridized carbons (Fsp3) is 0.583. The second kappa shape index (κ2) is 4.72. The minimum absolute atomic E-state index is 0.0443. The van der Waals surface area contributed by atoms with Gasteiger partial charge in [0, 0.05) is 24.3 Å². The summed E-state index contributed by atoms with van der Waals surface area (Å²) in [5.74, 6) is 0.920. The summed E-state index contributed by atoms with van der Waals surface area (Å²) >= 11 is 3.44. The quantitative estimate of drug-likeness (QED) is 0.922. The number of nitrogens with one attached hydrogen (secondary N) is 1. The Morgan fingerprint density at radius 2 is 2.31 bits per heavy atom. The first-order valence-electron chi connectivity index (χ1n) is 5.56. The van der Waals surface area contributed by atoms with Gasteiger partial charge in [-0.25, -0.2) is 4.98 Å². The van der Waals surface area contributed by atoms with Crippen LogP contribution in [0.1, 0.15) is 24.8 Å². The summed E-state index contributed by atoms with van der Waals surface area (Å²) < 4.78 is 6.59. The second-order valence-electron chi connectivity index (χ2n) is 4.41. The first-order valence-corrected chi connectivity index (χ1v) is 6.36. The van der Waals surface area contributed by atoms with Crippen molar-refractivity contribution in [3.05, 3.63) is 22.3 Å². The van der Waals surface area contributed by atoms with Gasteiger partial charge < -0.3 is 10.1 Å². The van der Waals surface area contributed by atoms with Crippen molar-refractivity contribution >= 4 is 21.7 Å². The standard InChI is InChI=1S/C12H17BrN2O/c1-9-6-11(14-7-10(9)13)15-8-12(16-2)4-3-5-12/h6-7H,3-5,8H2,1-2H3,(H,14,15). The molecule has 0 aliphatic heterocycles. The topological polar surface area (TPSA) is 34.1 Å². The van der Waals surface area contributed by atoms with Crippen LogP contribution in [0.2, 0.25) is 0 Å². The largest absolute Gasteiger partial charge is 0.376 e. The Morgan fingerprint density at radius 3 is 2.81 bits per heavy atom. The van der Waals surface area contributed by atoms with E-state index in [9.17, 15) is 0 Å². The highest BCUT2D eigenvalue weighted by Crippen LogP contribution is 2.35. The molecule has 0 radical (unpaired) electrons. The van der Waals surface area contributed by atoms with Crippen molar-refractivity contribution in [1.29, 1.82) is 0 Å². The van der Waals surface area contributed by atoms with Gasteiger partial charge in [-0.1, -0.05) is 0 Å². The predicted molar refractivity (Wildman–Crippen MR) is 68.8 cm³/mol. The van der Waals surface area contributed by atoms with Crippen molar-refractivity contribution in [3.8, 4) is 0 Å². The first kappa shape index (κ1) is 11.9. The van der Waals surface area contributed by atoms with Crippen LogP contribution in [-0.4, -0.2) is 24.2 Å². The van der Waals surface area contributed by atoms with Crippen LogP contribution in [0, 0.1) is 6.92 Å². The van der Waals surface area contributed by atoms with E-state index < -0.39 is 0 Å². The monoisotopic (exact) mass is 284 g/mol. The highest BCUT2D eigenvalue weighted by atomic mass is 79.9. The van der Waals surface area contributed by atoms with Crippen LogP contribution in [-0.2, 0) is 4.74 Å². The molecule has 1 aliphatic rings. The van der Waals surface area contributed by atoms with Gasteiger partial charge in [0.15, 0.2) is 0 Å². The maximum Gasteiger partial charge on any atom is 0.126 e. The Hall–Kier alpha value is -0.610. The zero-order valence-corrected chi connectivity index (χ0v) is 11.3. The Bertz CT molecular complexity index is 372. The van der Waals surface area contributed by atoms with Crippen LogP contribution in [0.4, 0.5) is 5.82 Å². The van der Waals surface area contributed by atoms with Gasteiger partial charge in [-0.3, -0.25) is 0 Å². The van der Waals surface area contributed by atoms with E-state index in [4.69, 9.17) is 4.74 Å². The molecule has 0 amide bonds. The molecular formula is C12H17BrN2O. The summed E-state index contributed by atoms with van der Waals surface area (Å²) in [7, 11) is 1.79. The van der Waals surface area contributed by atoms with Crippen molar-refractivity contribution in [2.24, 2.45) is 0 Å². The van der Waals surface area contributed by atoms with Crippen molar-refractivity contribution in [2.45, 2.75) is 31.8 Å². The molecule has 0 atom stereocenters. The molecule has 0 saturated heterocycles. The summed E-state index contributed by atoms with van der Waals surface area (Å²) in [5, 5.41) is 3.35. The molecule has 1 N–H and O–H groups in total. The fourth-order valence-corrected chi connectivity index (χ4v) is 2.13. The zero-order chi connectivity index (χ0) is 11.6. The molecular weight excluding hydrogens is 268 g/mol. The summed E-state index contributed by atoms with van der Waals surface area (Å²) in [6, 6.07) is 2.05. The third kappa shape index (κ3) is 2.38. The Kier molecular flexibility index (Phi) is 3.50. The lowest BCUT2D eigenvalue weighted by Crippen LogP contribution is -2.45. The first-order chi connectivity index (χ1) is 7.65. The zero-order valence-electron chi connectivity index (χ0n) is 9.72. The number of aryl methyl sites for hydroxylation is 1. The number of hydrogen-bond donors (Lipinski definition) is 1. The van der Waals surface area contributed by atoms with Crippen LogP contribution in [0.3, 0.4) is 0 Å². The number of aromatic nitrogens is 1. The van der Waals surface area contributed by atoms with Gasteiger partial charge in [0.25, 0.3) is 0 Å². The molecule has 1 aromatic rings. The second-order valence-corrected chi connectivity index (χ2v) is 5.27. The van der Waals surface area contributed by atoms with Gasteiger partial charge in [0.1, 0.15) is 5.82 Å². The highest BCUT2D eigenvalue weighted by Gasteiger charge is 2.36. The van der Waals surface area contributed by atoms with Crippen LogP contribution in [0.5, 0.6) is 0 Å². The lowest BCUT2D eigenvalue weighted by molar-refractivity contribution is -0.0601. The van der Waals surface area contributed by atoms with Gasteiger partial charge in [-0.05, 0) is 53.7 Å². The third-order valence-corrected chi connectivity index (χ3v) is 4.17. The lowest BCUT2D eigenvalue weighted by Gasteiger charge is -2.40. The molecule has 0 aromatic carbocycles. The van der Waals surface area contributed by atoms with E-state index in [1.165, 1.54) is 12.0 Å². The Balaban J connectivity index is 1.96. The van der Waals surface area contributed by atoms with Crippen LogP contribution >= 0.6 is 15.9 Å². The molecule has 0 spiro atoms. The molecule has 0 unspecified atom stereocenters. The summed E-state index contributed by atoms with van der Waals surface area (Å²) in [6.45, 7) is 2.91. The fourth-order valence-electron chi connectivity index (χ4n) is 1.91. The van der Waals surface area contributed by atoms with Gasteiger partial charge in [-0.15, -0.1) is 0 Å². The van der Waals surface area contributed by atoms with E-state index >= 15 is 0 Å². The molecule has 4 heteroatoms. The number of hydrogen-bond acceptors (Lipinski definition) is 3. The predicted octanol–water partition coefficient (Wildman–Crippen LogP) is 3.13. The maximum absolute atomic E-state index is 5.55. The molecule has 1 fully saturated rings. The molecule has 2 rings (SSSR count). The number of methoxy groups -OCH3 is 1. The third-order valence-electron chi connectivity index (χ3n) is 3.34. The van der Waals surface area contributed by atoms with Gasteiger partial charge >= 0.3 is 0 Å². The minimum atomic E-state index is 0.0443. The number of anilines is 1. The Morgan fingerprint density at radius 1 is 1.56 bits per heavy atom. The average molecular weight is 285 g/mol. The van der Waals surface area contributed by atoms with Crippen LogP contribution in [0.25, 0.3) is 0 Å². The van der Waals surface area contributed by atoms with Gasteiger partial charge in [-0.2, -0.15) is 0 Å². The van der Waals surface area contributed by atoms with E-state index in [1.54, 1.807) is 7.11 Å². The van der Waals surface area contributed by atoms with Crippen molar-refractivity contribution in [2.75, 3.05) is 19.0 Å². The van der Waals surface area contributed by atoms with Gasteiger partial charge in [0.05, 0.1) is 5.60 Å². The van der Waals surface area contributed by atoms with E-state index in [2.05, 4.69) is 33.2 Å². The van der Waals surface area contributed by atoms with Crippen molar-refractivity contribution in [3.63, 3.8) is 0 Å². The van der Waals surface area contributed by atoms with E-state index in [0.717, 1.165) is 29.7 Å². The van der Waals surface area contributed by atoms with E-state index in [1.807, 2.05) is 12.3 Å². The lowest BCUT2D eigenvalue weighted by atomic mass is 9.80. The molecule has 88 valence electrons. The van der Waals surface area contributed by atoms with Crippen molar-refractivity contribution in [1.82, 2.24) is 4.98 Å². The number of ether oxygens (including phenoxy) is 1. The SMILES string of the molecule is COC1(CNc2cc(C)c(Br)cn2)CCC1. The minimum Gasteiger partial charge on any atom is -0.376 e. The van der Waals surface area contributed by atoms with Crippen LogP contribution < -0.4 is 5.32 Å². The maximum atomic E-state index is 5.55. The van der Waals surface area contributed by atoms with Crippen molar-refractivity contribution < 1.29 is 4.74 Å². The molecule has 1 aliphatic carbocycles. The number of rotatable bonds is 4. The molecule has 1 aromatic heterocycles. The number of nitrogens with zero attached hydrogens (tertiary/aromatic N) is 1. The Labute approximate surface area is 105 Å². The van der Waals surface area contributed by atoms with Crippen LogP contribution in [0.15, 0.2) is 16.7 Å². The molecule has 16 heavy (non-hydrogen) atoms. The smallest absolute Gasteiger partial charge is 0.126 e. The average Bonchev–Trinajstić information content (AvgIpc) is 2.22. The molecule has 1 heterocycles. The normalized spacial score (nSPS) is 17.9. The van der Waals surface area contributed by atoms with Gasteiger partial charge in [0.2, 0.25) is 0 Å². The number of pyridine rings is 1. The summed E-state index contributed by atoms with van der Waals surface area (Å²) in [5.41, 5.74) is 1.24. The van der Waals surface area contributed by atoms with E-state index in [0.29, 0.717) is 0 Å². The molecule has 3 nitrogen and oxygen atoms in total. The molecule has 1 saturated carbocycles. The van der Waals surface area contributed by atoms with E-state index in [-0.39, 0.29) is 5.60 Å². The summed E-state index contributed by atoms with van der Waals surface area (Å²) in [4.78, 5) is 4.32.